The average molecular weight is 253 g/mol. The van der Waals surface area contributed by atoms with Gasteiger partial charge in [-0.05, 0) is 54.7 Å². The van der Waals surface area contributed by atoms with Gasteiger partial charge in [0.25, 0.3) is 0 Å². The molecule has 19 heavy (non-hydrogen) atoms. The maximum atomic E-state index is 3.48. The topological polar surface area (TPSA) is 12.0 Å². The molecule has 0 amide bonds. The summed E-state index contributed by atoms with van der Waals surface area (Å²) in [5.41, 5.74) is 6.66. The lowest BCUT2D eigenvalue weighted by molar-refractivity contribution is 0.922. The maximum Gasteiger partial charge on any atom is 0.0400 e. The van der Waals surface area contributed by atoms with Gasteiger partial charge in [0.15, 0.2) is 0 Å². The lowest BCUT2D eigenvalue weighted by Gasteiger charge is -2.09. The van der Waals surface area contributed by atoms with Crippen LogP contribution in [0.4, 0.5) is 5.69 Å². The molecule has 2 aromatic carbocycles. The molecule has 0 bridgehead atoms. The van der Waals surface area contributed by atoms with Crippen LogP contribution in [0.25, 0.3) is 0 Å². The van der Waals surface area contributed by atoms with Gasteiger partial charge >= 0.3 is 0 Å². The molecule has 100 valence electrons. The van der Waals surface area contributed by atoms with Gasteiger partial charge in [-0.2, -0.15) is 0 Å². The fourth-order valence-corrected chi connectivity index (χ4v) is 2.20. The Morgan fingerprint density at radius 1 is 0.842 bits per heavy atom. The van der Waals surface area contributed by atoms with Crippen molar-refractivity contribution < 1.29 is 0 Å². The SMILES string of the molecule is CCCc1ccc(NCc2ccc(C)c(C)c2)cc1. The van der Waals surface area contributed by atoms with Crippen LogP contribution in [-0.2, 0) is 13.0 Å². The van der Waals surface area contributed by atoms with Crippen molar-refractivity contribution in [2.75, 3.05) is 5.32 Å². The van der Waals surface area contributed by atoms with Crippen molar-refractivity contribution in [2.45, 2.75) is 40.2 Å². The van der Waals surface area contributed by atoms with Gasteiger partial charge in [-0.3, -0.25) is 0 Å². The van der Waals surface area contributed by atoms with E-state index in [0.29, 0.717) is 0 Å². The van der Waals surface area contributed by atoms with Gasteiger partial charge in [-0.1, -0.05) is 43.7 Å². The Morgan fingerprint density at radius 2 is 1.53 bits per heavy atom. The number of rotatable bonds is 5. The number of anilines is 1. The van der Waals surface area contributed by atoms with E-state index in [-0.39, 0.29) is 0 Å². The van der Waals surface area contributed by atoms with Gasteiger partial charge < -0.3 is 5.32 Å². The lowest BCUT2D eigenvalue weighted by Crippen LogP contribution is -2.00. The van der Waals surface area contributed by atoms with Crippen molar-refractivity contribution in [1.82, 2.24) is 0 Å². The normalized spacial score (nSPS) is 10.5. The molecule has 2 aromatic rings. The van der Waals surface area contributed by atoms with Crippen molar-refractivity contribution in [1.29, 1.82) is 0 Å². The van der Waals surface area contributed by atoms with Gasteiger partial charge in [0.2, 0.25) is 0 Å². The highest BCUT2D eigenvalue weighted by molar-refractivity contribution is 5.45. The van der Waals surface area contributed by atoms with Crippen LogP contribution in [0.1, 0.15) is 35.6 Å². The molecule has 0 fully saturated rings. The fourth-order valence-electron chi connectivity index (χ4n) is 2.20. The van der Waals surface area contributed by atoms with Gasteiger partial charge in [-0.25, -0.2) is 0 Å². The molecule has 0 radical (unpaired) electrons. The van der Waals surface area contributed by atoms with E-state index in [1.807, 2.05) is 0 Å². The zero-order valence-corrected chi connectivity index (χ0v) is 12.2. The molecule has 0 aliphatic rings. The average Bonchev–Trinajstić information content (AvgIpc) is 2.42. The molecular weight excluding hydrogens is 230 g/mol. The van der Waals surface area contributed by atoms with Gasteiger partial charge in [0.1, 0.15) is 0 Å². The molecule has 0 aromatic heterocycles. The van der Waals surface area contributed by atoms with E-state index in [9.17, 15) is 0 Å². The van der Waals surface area contributed by atoms with Crippen LogP contribution >= 0.6 is 0 Å². The highest BCUT2D eigenvalue weighted by atomic mass is 14.9. The maximum absolute atomic E-state index is 3.48. The lowest BCUT2D eigenvalue weighted by atomic mass is 10.1. The predicted octanol–water partition coefficient (Wildman–Crippen LogP) is 4.87. The Balaban J connectivity index is 1.96. The van der Waals surface area contributed by atoms with E-state index in [0.717, 1.165) is 13.0 Å². The standard InChI is InChI=1S/C18H23N/c1-4-5-16-8-10-18(11-9-16)19-13-17-7-6-14(2)15(3)12-17/h6-12,19H,4-5,13H2,1-3H3. The van der Waals surface area contributed by atoms with Crippen molar-refractivity contribution in [3.05, 3.63) is 64.7 Å². The molecule has 0 spiro atoms. The molecule has 0 saturated heterocycles. The molecule has 0 atom stereocenters. The first-order valence-corrected chi connectivity index (χ1v) is 7.08. The second kappa shape index (κ2) is 6.42. The minimum absolute atomic E-state index is 0.883. The summed E-state index contributed by atoms with van der Waals surface area (Å²) in [5.74, 6) is 0. The Morgan fingerprint density at radius 3 is 2.16 bits per heavy atom. The summed E-state index contributed by atoms with van der Waals surface area (Å²) in [4.78, 5) is 0. The second-order valence-corrected chi connectivity index (χ2v) is 5.22. The first-order valence-electron chi connectivity index (χ1n) is 7.08. The number of hydrogen-bond donors (Lipinski definition) is 1. The molecule has 0 heterocycles. The minimum atomic E-state index is 0.883. The number of benzene rings is 2. The molecule has 0 unspecified atom stereocenters. The van der Waals surface area contributed by atoms with E-state index >= 15 is 0 Å². The zero-order valence-electron chi connectivity index (χ0n) is 12.2. The first kappa shape index (κ1) is 13.7. The molecule has 0 saturated carbocycles. The Bertz CT molecular complexity index is 526. The number of hydrogen-bond acceptors (Lipinski definition) is 1. The first-order chi connectivity index (χ1) is 9.19. The van der Waals surface area contributed by atoms with E-state index in [4.69, 9.17) is 0 Å². The molecular formula is C18H23N. The van der Waals surface area contributed by atoms with Crippen LogP contribution in [-0.4, -0.2) is 0 Å². The van der Waals surface area contributed by atoms with Crippen LogP contribution in [0.5, 0.6) is 0 Å². The van der Waals surface area contributed by atoms with Crippen LogP contribution in [0.3, 0.4) is 0 Å². The number of nitrogens with one attached hydrogen (secondary N) is 1. The zero-order chi connectivity index (χ0) is 13.7. The van der Waals surface area contributed by atoms with Crippen molar-refractivity contribution >= 4 is 5.69 Å². The quantitative estimate of drug-likeness (QED) is 0.801. The summed E-state index contributed by atoms with van der Waals surface area (Å²) in [5, 5.41) is 3.48. The third kappa shape index (κ3) is 3.85. The van der Waals surface area contributed by atoms with Crippen LogP contribution in [0.15, 0.2) is 42.5 Å². The largest absolute Gasteiger partial charge is 0.381 e. The van der Waals surface area contributed by atoms with Gasteiger partial charge in [0.05, 0.1) is 0 Å². The minimum Gasteiger partial charge on any atom is -0.381 e. The van der Waals surface area contributed by atoms with E-state index in [1.54, 1.807) is 0 Å². The summed E-state index contributed by atoms with van der Waals surface area (Å²) >= 11 is 0. The molecule has 0 aliphatic heterocycles. The molecule has 1 nitrogen and oxygen atoms in total. The summed E-state index contributed by atoms with van der Waals surface area (Å²) in [7, 11) is 0. The second-order valence-electron chi connectivity index (χ2n) is 5.22. The van der Waals surface area contributed by atoms with Gasteiger partial charge in [-0.15, -0.1) is 0 Å². The van der Waals surface area contributed by atoms with E-state index in [2.05, 4.69) is 68.6 Å². The van der Waals surface area contributed by atoms with Crippen molar-refractivity contribution in [3.63, 3.8) is 0 Å². The summed E-state index contributed by atoms with van der Waals surface area (Å²) in [6, 6.07) is 15.4. The van der Waals surface area contributed by atoms with Crippen molar-refractivity contribution in [3.8, 4) is 0 Å². The Labute approximate surface area is 116 Å². The molecule has 2 rings (SSSR count). The van der Waals surface area contributed by atoms with E-state index < -0.39 is 0 Å². The van der Waals surface area contributed by atoms with E-state index in [1.165, 1.54) is 34.4 Å². The third-order valence-electron chi connectivity index (χ3n) is 3.56. The Hall–Kier alpha value is -1.76. The highest BCUT2D eigenvalue weighted by Gasteiger charge is 1.98. The third-order valence-corrected chi connectivity index (χ3v) is 3.56. The van der Waals surface area contributed by atoms with Crippen LogP contribution in [0, 0.1) is 13.8 Å². The summed E-state index contributed by atoms with van der Waals surface area (Å²) < 4.78 is 0. The van der Waals surface area contributed by atoms with Crippen LogP contribution < -0.4 is 5.32 Å². The summed E-state index contributed by atoms with van der Waals surface area (Å²) in [6.45, 7) is 7.41. The number of aryl methyl sites for hydroxylation is 3. The Kier molecular flexibility index (Phi) is 4.62. The smallest absolute Gasteiger partial charge is 0.0400 e. The van der Waals surface area contributed by atoms with Crippen LogP contribution in [0.2, 0.25) is 0 Å². The molecule has 0 aliphatic carbocycles. The highest BCUT2D eigenvalue weighted by Crippen LogP contribution is 2.14. The summed E-state index contributed by atoms with van der Waals surface area (Å²) in [6.07, 6.45) is 2.37. The predicted molar refractivity (Wildman–Crippen MR) is 83.7 cm³/mol. The fraction of sp³-hybridized carbons (Fsp3) is 0.333. The monoisotopic (exact) mass is 253 g/mol. The van der Waals surface area contributed by atoms with Crippen molar-refractivity contribution in [2.24, 2.45) is 0 Å². The van der Waals surface area contributed by atoms with Gasteiger partial charge in [0, 0.05) is 12.2 Å². The molecule has 1 heteroatoms. The molecule has 1 N–H and O–H groups in total.